The Morgan fingerprint density at radius 3 is 2.93 bits per heavy atom. The van der Waals surface area contributed by atoms with Crippen molar-refractivity contribution >= 4 is 23.2 Å². The Morgan fingerprint density at radius 2 is 2.40 bits per heavy atom. The zero-order valence-corrected chi connectivity index (χ0v) is 8.41. The average molecular weight is 231 g/mol. The molecule has 1 rings (SSSR count). The number of aromatic nitrogens is 1. The Morgan fingerprint density at radius 1 is 1.67 bits per heavy atom. The molecule has 0 aliphatic rings. The summed E-state index contributed by atoms with van der Waals surface area (Å²) in [5.41, 5.74) is 7.42. The smallest absolute Gasteiger partial charge is 0.332 e. The second-order valence-corrected chi connectivity index (χ2v) is 3.39. The maximum absolute atomic E-state index is 11.2. The van der Waals surface area contributed by atoms with Gasteiger partial charge in [0.1, 0.15) is 10.7 Å². The minimum Gasteiger partial charge on any atom is -0.479 e. The summed E-state index contributed by atoms with van der Waals surface area (Å²) in [6.07, 6.45) is 0. The predicted octanol–water partition coefficient (Wildman–Crippen LogP) is -0.652. The van der Waals surface area contributed by atoms with Crippen molar-refractivity contribution in [3.05, 3.63) is 16.1 Å². The lowest BCUT2D eigenvalue weighted by Crippen LogP contribution is -2.26. The normalized spacial score (nSPS) is 9.93. The number of nitrogens with two attached hydrogens (primary N) is 1. The van der Waals surface area contributed by atoms with Crippen LogP contribution in [0, 0.1) is 0 Å². The fourth-order valence-corrected chi connectivity index (χ4v) is 1.38. The van der Waals surface area contributed by atoms with Gasteiger partial charge in [-0.1, -0.05) is 0 Å². The van der Waals surface area contributed by atoms with Crippen LogP contribution >= 0.6 is 11.3 Å². The van der Waals surface area contributed by atoms with Crippen molar-refractivity contribution in [2.24, 2.45) is 5.73 Å². The molecule has 0 unspecified atom stereocenters. The summed E-state index contributed by atoms with van der Waals surface area (Å²) >= 11 is 1.25. The van der Waals surface area contributed by atoms with Crippen LogP contribution in [0.1, 0.15) is 15.5 Å². The van der Waals surface area contributed by atoms with Crippen LogP contribution in [0.5, 0.6) is 0 Å². The zero-order chi connectivity index (χ0) is 11.3. The first-order valence-electron chi connectivity index (χ1n) is 3.92. The molecule has 8 heteroatoms. The van der Waals surface area contributed by atoms with Crippen LogP contribution in [0.3, 0.4) is 0 Å². The average Bonchev–Trinajstić information content (AvgIpc) is 2.65. The van der Waals surface area contributed by atoms with Gasteiger partial charge in [0, 0.05) is 11.9 Å². The number of nitrogens with zero attached hydrogens (tertiary/aromatic N) is 1. The number of hydrogen-bond donors (Lipinski definition) is 3. The van der Waals surface area contributed by atoms with Gasteiger partial charge >= 0.3 is 5.97 Å². The molecule has 0 bridgehead atoms. The molecule has 1 amide bonds. The van der Waals surface area contributed by atoms with Gasteiger partial charge in [0.05, 0.1) is 0 Å². The van der Waals surface area contributed by atoms with E-state index in [0.29, 0.717) is 5.01 Å². The van der Waals surface area contributed by atoms with E-state index in [1.54, 1.807) is 0 Å². The lowest BCUT2D eigenvalue weighted by molar-refractivity contribution is -0.144. The van der Waals surface area contributed by atoms with Crippen LogP contribution < -0.4 is 11.2 Å². The highest BCUT2D eigenvalue weighted by Crippen LogP contribution is 2.08. The number of carboxylic acids is 1. The van der Waals surface area contributed by atoms with Crippen molar-refractivity contribution in [1.82, 2.24) is 10.5 Å². The lowest BCUT2D eigenvalue weighted by Gasteiger charge is -2.00. The SMILES string of the molecule is NCc1nc(C(=O)NOCC(=O)O)cs1. The van der Waals surface area contributed by atoms with Crippen LogP contribution in [0.25, 0.3) is 0 Å². The molecule has 82 valence electrons. The Kier molecular flexibility index (Phi) is 4.16. The van der Waals surface area contributed by atoms with Gasteiger partial charge in [-0.05, 0) is 0 Å². The molecule has 1 aromatic heterocycles. The number of hydrogen-bond acceptors (Lipinski definition) is 6. The Labute approximate surface area is 88.8 Å². The van der Waals surface area contributed by atoms with Gasteiger partial charge in [-0.15, -0.1) is 11.3 Å². The molecular weight excluding hydrogens is 222 g/mol. The molecule has 0 saturated heterocycles. The van der Waals surface area contributed by atoms with E-state index in [4.69, 9.17) is 10.8 Å². The molecule has 0 saturated carbocycles. The van der Waals surface area contributed by atoms with Gasteiger partial charge in [0.2, 0.25) is 0 Å². The van der Waals surface area contributed by atoms with Crippen LogP contribution in [0.2, 0.25) is 0 Å². The van der Waals surface area contributed by atoms with E-state index in [9.17, 15) is 9.59 Å². The highest BCUT2D eigenvalue weighted by Gasteiger charge is 2.10. The van der Waals surface area contributed by atoms with Crippen LogP contribution in [-0.2, 0) is 16.2 Å². The van der Waals surface area contributed by atoms with Gasteiger partial charge in [-0.25, -0.2) is 15.3 Å². The summed E-state index contributed by atoms with van der Waals surface area (Å²) in [5, 5.41) is 10.4. The third-order valence-corrected chi connectivity index (χ3v) is 2.19. The molecule has 0 aromatic carbocycles. The second kappa shape index (κ2) is 5.39. The van der Waals surface area contributed by atoms with Gasteiger partial charge in [0.15, 0.2) is 6.61 Å². The molecule has 7 nitrogen and oxygen atoms in total. The van der Waals surface area contributed by atoms with E-state index in [1.807, 2.05) is 5.48 Å². The quantitative estimate of drug-likeness (QED) is 0.580. The van der Waals surface area contributed by atoms with Gasteiger partial charge in [-0.3, -0.25) is 9.63 Å². The van der Waals surface area contributed by atoms with Crippen molar-refractivity contribution in [3.63, 3.8) is 0 Å². The minimum atomic E-state index is -1.17. The number of hydroxylamine groups is 1. The molecule has 1 heterocycles. The summed E-state index contributed by atoms with van der Waals surface area (Å²) in [5.74, 6) is -1.76. The van der Waals surface area contributed by atoms with Gasteiger partial charge in [-0.2, -0.15) is 0 Å². The molecule has 1 aromatic rings. The predicted molar refractivity (Wildman–Crippen MR) is 51.1 cm³/mol. The molecule has 0 atom stereocenters. The molecule has 0 aliphatic heterocycles. The van der Waals surface area contributed by atoms with Crippen molar-refractivity contribution in [1.29, 1.82) is 0 Å². The standard InChI is InChI=1S/C7H9N3O4S/c8-1-5-9-4(3-15-5)7(13)10-14-2-6(11)12/h3H,1-2,8H2,(H,10,13)(H,11,12). The number of carboxylic acid groups (broad SMARTS) is 1. The summed E-state index contributed by atoms with van der Waals surface area (Å²) in [6.45, 7) is -0.340. The van der Waals surface area contributed by atoms with Gasteiger partial charge < -0.3 is 10.8 Å². The van der Waals surface area contributed by atoms with Crippen LogP contribution in [-0.4, -0.2) is 28.6 Å². The molecule has 15 heavy (non-hydrogen) atoms. The first-order chi connectivity index (χ1) is 7.13. The number of carbonyl (C=O) groups excluding carboxylic acids is 1. The first-order valence-corrected chi connectivity index (χ1v) is 4.80. The van der Waals surface area contributed by atoms with E-state index < -0.39 is 18.5 Å². The molecule has 4 N–H and O–H groups in total. The van der Waals surface area contributed by atoms with Crippen LogP contribution in [0.15, 0.2) is 5.38 Å². The van der Waals surface area contributed by atoms with Crippen LogP contribution in [0.4, 0.5) is 0 Å². The maximum Gasteiger partial charge on any atom is 0.332 e. The monoisotopic (exact) mass is 231 g/mol. The van der Waals surface area contributed by atoms with Crippen molar-refractivity contribution in [2.75, 3.05) is 6.61 Å². The summed E-state index contributed by atoms with van der Waals surface area (Å²) in [7, 11) is 0. The number of nitrogens with one attached hydrogen (secondary N) is 1. The Balaban J connectivity index is 2.43. The third kappa shape index (κ3) is 3.62. The summed E-state index contributed by atoms with van der Waals surface area (Å²) in [4.78, 5) is 29.6. The molecule has 0 spiro atoms. The van der Waals surface area contributed by atoms with Crippen molar-refractivity contribution in [2.45, 2.75) is 6.54 Å². The van der Waals surface area contributed by atoms with E-state index >= 15 is 0 Å². The summed E-state index contributed by atoms with van der Waals surface area (Å²) < 4.78 is 0. The molecule has 0 radical (unpaired) electrons. The third-order valence-electron chi connectivity index (χ3n) is 1.32. The van der Waals surface area contributed by atoms with Gasteiger partial charge in [0.25, 0.3) is 5.91 Å². The zero-order valence-electron chi connectivity index (χ0n) is 7.60. The fraction of sp³-hybridized carbons (Fsp3) is 0.286. The fourth-order valence-electron chi connectivity index (χ4n) is 0.725. The lowest BCUT2D eigenvalue weighted by atomic mass is 10.5. The highest BCUT2D eigenvalue weighted by atomic mass is 32.1. The Bertz CT molecular complexity index is 365. The molecule has 0 fully saturated rings. The number of rotatable bonds is 5. The molecule has 0 aliphatic carbocycles. The number of aliphatic carboxylic acids is 1. The van der Waals surface area contributed by atoms with E-state index in [0.717, 1.165) is 0 Å². The molecular formula is C7H9N3O4S. The first kappa shape index (κ1) is 11.6. The van der Waals surface area contributed by atoms with Crippen molar-refractivity contribution in [3.8, 4) is 0 Å². The number of thiazole rings is 1. The van der Waals surface area contributed by atoms with Crippen molar-refractivity contribution < 1.29 is 19.5 Å². The minimum absolute atomic E-state index is 0.158. The van der Waals surface area contributed by atoms with E-state index in [2.05, 4.69) is 9.82 Å². The van der Waals surface area contributed by atoms with E-state index in [1.165, 1.54) is 16.7 Å². The number of carbonyl (C=O) groups is 2. The summed E-state index contributed by atoms with van der Waals surface area (Å²) in [6, 6.07) is 0. The second-order valence-electron chi connectivity index (χ2n) is 2.44. The van der Waals surface area contributed by atoms with E-state index in [-0.39, 0.29) is 12.2 Å². The Hall–Kier alpha value is -1.51. The maximum atomic E-state index is 11.2. The number of amides is 1. The highest BCUT2D eigenvalue weighted by molar-refractivity contribution is 7.09. The largest absolute Gasteiger partial charge is 0.479 e. The topological polar surface area (TPSA) is 115 Å².